The second-order valence-corrected chi connectivity index (χ2v) is 8.92. The Bertz CT molecular complexity index is 1590. The SMILES string of the molecule is COc1cccc(OCc2ccc(Cn3nc(NC(=O)Nc4c(OC)cccc4OC)c4ccccc43)cc2)c1. The number of methoxy groups -OCH3 is 3. The first-order valence-electron chi connectivity index (χ1n) is 12.7. The standard InChI is InChI=1S/C31H30N4O5/c1-37-23-8-6-9-24(18-23)40-20-22-16-14-21(15-17-22)19-35-26-11-5-4-10-25(26)30(34-35)33-31(36)32-29-27(38-2)12-7-13-28(29)39-3/h4-18H,19-20H2,1-3H3,(H2,32,33,34,36). The molecule has 0 aliphatic heterocycles. The molecule has 0 bridgehead atoms. The van der Waals surface area contributed by atoms with Crippen molar-refractivity contribution >= 4 is 28.4 Å². The number of nitrogens with zero attached hydrogens (tertiary/aromatic N) is 2. The van der Waals surface area contributed by atoms with Crippen LogP contribution in [0.25, 0.3) is 10.9 Å². The number of carbonyl (C=O) groups is 1. The van der Waals surface area contributed by atoms with Crippen LogP contribution in [0.3, 0.4) is 0 Å². The molecule has 0 fully saturated rings. The zero-order chi connectivity index (χ0) is 27.9. The van der Waals surface area contributed by atoms with Crippen LogP contribution >= 0.6 is 0 Å². The molecule has 40 heavy (non-hydrogen) atoms. The molecular weight excluding hydrogens is 508 g/mol. The molecular formula is C31H30N4O5. The fraction of sp³-hybridized carbons (Fsp3) is 0.161. The van der Waals surface area contributed by atoms with Crippen LogP contribution < -0.4 is 29.6 Å². The number of benzene rings is 4. The van der Waals surface area contributed by atoms with Gasteiger partial charge in [0.05, 0.1) is 33.4 Å². The number of hydrogen-bond acceptors (Lipinski definition) is 6. The van der Waals surface area contributed by atoms with Crippen molar-refractivity contribution in [2.75, 3.05) is 32.0 Å². The van der Waals surface area contributed by atoms with Gasteiger partial charge in [-0.3, -0.25) is 10.00 Å². The van der Waals surface area contributed by atoms with E-state index in [2.05, 4.69) is 22.8 Å². The van der Waals surface area contributed by atoms with Crippen LogP contribution in [0.2, 0.25) is 0 Å². The third kappa shape index (κ3) is 5.94. The topological polar surface area (TPSA) is 95.9 Å². The largest absolute Gasteiger partial charge is 0.497 e. The van der Waals surface area contributed by atoms with Crippen molar-refractivity contribution in [1.82, 2.24) is 9.78 Å². The molecule has 0 aliphatic carbocycles. The molecule has 9 heteroatoms. The predicted octanol–water partition coefficient (Wildman–Crippen LogP) is 6.33. The number of rotatable bonds is 10. The normalized spacial score (nSPS) is 10.7. The van der Waals surface area contributed by atoms with E-state index in [0.29, 0.717) is 36.2 Å². The summed E-state index contributed by atoms with van der Waals surface area (Å²) in [7, 11) is 4.70. The summed E-state index contributed by atoms with van der Waals surface area (Å²) in [6.45, 7) is 0.972. The lowest BCUT2D eigenvalue weighted by Crippen LogP contribution is -2.21. The minimum Gasteiger partial charge on any atom is -0.497 e. The van der Waals surface area contributed by atoms with Crippen molar-refractivity contribution in [2.24, 2.45) is 0 Å². The summed E-state index contributed by atoms with van der Waals surface area (Å²) < 4.78 is 23.8. The van der Waals surface area contributed by atoms with Gasteiger partial charge in [0, 0.05) is 11.5 Å². The van der Waals surface area contributed by atoms with E-state index >= 15 is 0 Å². The lowest BCUT2D eigenvalue weighted by Gasteiger charge is -2.14. The molecule has 0 radical (unpaired) electrons. The molecule has 1 heterocycles. The summed E-state index contributed by atoms with van der Waals surface area (Å²) in [5.74, 6) is 2.93. The molecule has 204 valence electrons. The molecule has 0 atom stereocenters. The maximum atomic E-state index is 13.0. The summed E-state index contributed by atoms with van der Waals surface area (Å²) >= 11 is 0. The zero-order valence-electron chi connectivity index (χ0n) is 22.5. The van der Waals surface area contributed by atoms with E-state index in [0.717, 1.165) is 33.5 Å². The highest BCUT2D eigenvalue weighted by Gasteiger charge is 2.17. The van der Waals surface area contributed by atoms with Gasteiger partial charge in [-0.15, -0.1) is 0 Å². The number of fused-ring (bicyclic) bond motifs is 1. The van der Waals surface area contributed by atoms with Crippen molar-refractivity contribution in [3.8, 4) is 23.0 Å². The van der Waals surface area contributed by atoms with E-state index in [1.807, 2.05) is 65.3 Å². The highest BCUT2D eigenvalue weighted by Crippen LogP contribution is 2.34. The summed E-state index contributed by atoms with van der Waals surface area (Å²) in [6.07, 6.45) is 0. The lowest BCUT2D eigenvalue weighted by molar-refractivity contribution is 0.261. The maximum Gasteiger partial charge on any atom is 0.325 e. The highest BCUT2D eigenvalue weighted by molar-refractivity contribution is 6.05. The van der Waals surface area contributed by atoms with Crippen molar-refractivity contribution in [3.63, 3.8) is 0 Å². The molecule has 5 rings (SSSR count). The minimum atomic E-state index is -0.460. The Morgan fingerprint density at radius 1 is 0.750 bits per heavy atom. The molecule has 0 unspecified atom stereocenters. The molecule has 5 aromatic rings. The summed E-state index contributed by atoms with van der Waals surface area (Å²) in [5, 5.41) is 11.2. The van der Waals surface area contributed by atoms with Gasteiger partial charge in [-0.05, 0) is 47.5 Å². The monoisotopic (exact) mass is 538 g/mol. The molecule has 0 saturated heterocycles. The van der Waals surface area contributed by atoms with Crippen molar-refractivity contribution in [1.29, 1.82) is 0 Å². The second kappa shape index (κ2) is 12.1. The average Bonchev–Trinajstić information content (AvgIpc) is 3.33. The quantitative estimate of drug-likeness (QED) is 0.216. The highest BCUT2D eigenvalue weighted by atomic mass is 16.5. The van der Waals surface area contributed by atoms with Crippen molar-refractivity contribution in [3.05, 3.63) is 102 Å². The smallest absolute Gasteiger partial charge is 0.325 e. The van der Waals surface area contributed by atoms with Crippen molar-refractivity contribution < 1.29 is 23.7 Å². The van der Waals surface area contributed by atoms with Crippen LogP contribution in [0.5, 0.6) is 23.0 Å². The number of carbonyl (C=O) groups excluding carboxylic acids is 1. The fourth-order valence-corrected chi connectivity index (χ4v) is 4.34. The molecule has 0 spiro atoms. The molecule has 4 aromatic carbocycles. The predicted molar refractivity (Wildman–Crippen MR) is 155 cm³/mol. The number of urea groups is 1. The van der Waals surface area contributed by atoms with Gasteiger partial charge < -0.3 is 24.3 Å². The third-order valence-electron chi connectivity index (χ3n) is 6.36. The van der Waals surface area contributed by atoms with Gasteiger partial charge in [0.2, 0.25) is 0 Å². The molecule has 1 aromatic heterocycles. The molecule has 2 amide bonds. The zero-order valence-corrected chi connectivity index (χ0v) is 22.5. The van der Waals surface area contributed by atoms with Crippen LogP contribution in [-0.4, -0.2) is 37.1 Å². The van der Waals surface area contributed by atoms with E-state index in [4.69, 9.17) is 24.0 Å². The summed E-state index contributed by atoms with van der Waals surface area (Å²) in [6, 6.07) is 28.3. The third-order valence-corrected chi connectivity index (χ3v) is 6.36. The van der Waals surface area contributed by atoms with Crippen LogP contribution in [0, 0.1) is 0 Å². The van der Waals surface area contributed by atoms with E-state index in [1.165, 1.54) is 14.2 Å². The molecule has 0 aliphatic rings. The van der Waals surface area contributed by atoms with Crippen LogP contribution in [0.4, 0.5) is 16.3 Å². The van der Waals surface area contributed by atoms with Crippen LogP contribution in [-0.2, 0) is 13.2 Å². The second-order valence-electron chi connectivity index (χ2n) is 8.92. The Morgan fingerprint density at radius 2 is 1.43 bits per heavy atom. The van der Waals surface area contributed by atoms with Crippen LogP contribution in [0.15, 0.2) is 91.0 Å². The maximum absolute atomic E-state index is 13.0. The van der Waals surface area contributed by atoms with Gasteiger partial charge >= 0.3 is 6.03 Å². The molecule has 9 nitrogen and oxygen atoms in total. The average molecular weight is 539 g/mol. The summed E-state index contributed by atoms with van der Waals surface area (Å²) in [4.78, 5) is 13.0. The number of hydrogen-bond donors (Lipinski definition) is 2. The number of nitrogens with one attached hydrogen (secondary N) is 2. The van der Waals surface area contributed by atoms with E-state index in [-0.39, 0.29) is 0 Å². The van der Waals surface area contributed by atoms with Gasteiger partial charge in [-0.25, -0.2) is 4.79 Å². The van der Waals surface area contributed by atoms with Gasteiger partial charge in [0.25, 0.3) is 0 Å². The van der Waals surface area contributed by atoms with E-state index < -0.39 is 6.03 Å². The summed E-state index contributed by atoms with van der Waals surface area (Å²) in [5.41, 5.74) is 3.44. The van der Waals surface area contributed by atoms with Crippen molar-refractivity contribution in [2.45, 2.75) is 13.2 Å². The number of para-hydroxylation sites is 2. The minimum absolute atomic E-state index is 0.434. The first kappa shape index (κ1) is 26.4. The van der Waals surface area contributed by atoms with E-state index in [9.17, 15) is 4.79 Å². The Kier molecular flexibility index (Phi) is 8.01. The Hall–Kier alpha value is -5.18. The Labute approximate surface area is 232 Å². The van der Waals surface area contributed by atoms with Gasteiger partial charge in [-0.1, -0.05) is 48.5 Å². The fourth-order valence-electron chi connectivity index (χ4n) is 4.34. The molecule has 2 N–H and O–H groups in total. The lowest BCUT2D eigenvalue weighted by atomic mass is 10.1. The Balaban J connectivity index is 1.29. The number of amides is 2. The number of anilines is 2. The van der Waals surface area contributed by atoms with Crippen LogP contribution in [0.1, 0.15) is 11.1 Å². The van der Waals surface area contributed by atoms with Gasteiger partial charge in [-0.2, -0.15) is 5.10 Å². The first-order chi connectivity index (χ1) is 19.6. The van der Waals surface area contributed by atoms with Gasteiger partial charge in [0.15, 0.2) is 5.82 Å². The first-order valence-corrected chi connectivity index (χ1v) is 12.7. The van der Waals surface area contributed by atoms with E-state index in [1.54, 1.807) is 25.3 Å². The number of ether oxygens (including phenoxy) is 4. The number of aromatic nitrogens is 2. The van der Waals surface area contributed by atoms with Gasteiger partial charge in [0.1, 0.15) is 35.3 Å². The molecule has 0 saturated carbocycles. The Morgan fingerprint density at radius 3 is 2.15 bits per heavy atom.